The van der Waals surface area contributed by atoms with E-state index in [-0.39, 0.29) is 18.9 Å². The molecular formula is C20H18O5. The van der Waals surface area contributed by atoms with Crippen LogP contribution in [-0.2, 0) is 20.9 Å². The first-order valence-electron chi connectivity index (χ1n) is 8.21. The summed E-state index contributed by atoms with van der Waals surface area (Å²) in [5.41, 5.74) is 2.64. The molecule has 1 unspecified atom stereocenters. The molecule has 0 N–H and O–H groups in total. The van der Waals surface area contributed by atoms with Gasteiger partial charge in [0.25, 0.3) is 0 Å². The number of fused-ring (bicyclic) bond motifs is 1. The summed E-state index contributed by atoms with van der Waals surface area (Å²) in [5.74, 6) is 1.14. The minimum atomic E-state index is -0.286. The lowest BCUT2D eigenvalue weighted by atomic mass is 10.1. The maximum absolute atomic E-state index is 12.1. The lowest BCUT2D eigenvalue weighted by Crippen LogP contribution is -2.14. The van der Waals surface area contributed by atoms with E-state index < -0.39 is 0 Å². The predicted octanol–water partition coefficient (Wildman–Crippen LogP) is 3.33. The second-order valence-electron chi connectivity index (χ2n) is 6.01. The molecule has 2 aliphatic heterocycles. The van der Waals surface area contributed by atoms with E-state index in [1.807, 2.05) is 54.6 Å². The standard InChI is InChI=1S/C20H18O5/c21-20-16(8-15-6-7-18-19(9-15)24-13-23-18)10-17(25-20)12-22-11-14-4-2-1-3-5-14/h1-9,17H,10-13H2. The van der Waals surface area contributed by atoms with Crippen LogP contribution in [0, 0.1) is 0 Å². The molecule has 2 aliphatic rings. The van der Waals surface area contributed by atoms with Gasteiger partial charge in [0.2, 0.25) is 6.79 Å². The van der Waals surface area contributed by atoms with Crippen LogP contribution in [0.3, 0.4) is 0 Å². The highest BCUT2D eigenvalue weighted by Gasteiger charge is 2.29. The average Bonchev–Trinajstić information content (AvgIpc) is 3.22. The number of benzene rings is 2. The van der Waals surface area contributed by atoms with E-state index in [0.29, 0.717) is 31.0 Å². The van der Waals surface area contributed by atoms with Crippen LogP contribution in [0.15, 0.2) is 54.1 Å². The van der Waals surface area contributed by atoms with Crippen molar-refractivity contribution in [1.29, 1.82) is 0 Å². The van der Waals surface area contributed by atoms with Crippen molar-refractivity contribution >= 4 is 12.0 Å². The van der Waals surface area contributed by atoms with Gasteiger partial charge in [-0.25, -0.2) is 4.79 Å². The van der Waals surface area contributed by atoms with Gasteiger partial charge in [0.1, 0.15) is 6.10 Å². The fraction of sp³-hybridized carbons (Fsp3) is 0.250. The van der Waals surface area contributed by atoms with Gasteiger partial charge in [-0.2, -0.15) is 0 Å². The minimum absolute atomic E-state index is 0.234. The summed E-state index contributed by atoms with van der Waals surface area (Å²) in [7, 11) is 0. The van der Waals surface area contributed by atoms with Crippen molar-refractivity contribution in [2.45, 2.75) is 19.1 Å². The van der Waals surface area contributed by atoms with Crippen LogP contribution in [0.1, 0.15) is 17.5 Å². The summed E-state index contributed by atoms with van der Waals surface area (Å²) in [4.78, 5) is 12.1. The van der Waals surface area contributed by atoms with Crippen LogP contribution in [0.5, 0.6) is 11.5 Å². The van der Waals surface area contributed by atoms with Gasteiger partial charge >= 0.3 is 5.97 Å². The molecule has 0 aromatic heterocycles. The number of esters is 1. The Morgan fingerprint density at radius 3 is 2.80 bits per heavy atom. The Hall–Kier alpha value is -2.79. The zero-order chi connectivity index (χ0) is 17.1. The number of hydrogen-bond donors (Lipinski definition) is 0. The Bertz CT molecular complexity index is 797. The molecular weight excluding hydrogens is 320 g/mol. The molecule has 2 heterocycles. The van der Waals surface area contributed by atoms with Crippen LogP contribution < -0.4 is 9.47 Å². The maximum atomic E-state index is 12.1. The molecule has 0 radical (unpaired) electrons. The van der Waals surface area contributed by atoms with Crippen LogP contribution in [0.4, 0.5) is 0 Å². The highest BCUT2D eigenvalue weighted by Crippen LogP contribution is 2.34. The smallest absolute Gasteiger partial charge is 0.334 e. The third-order valence-corrected chi connectivity index (χ3v) is 4.14. The Kier molecular flexibility index (Phi) is 4.39. The molecule has 5 nitrogen and oxygen atoms in total. The van der Waals surface area contributed by atoms with Gasteiger partial charge in [-0.05, 0) is 29.3 Å². The highest BCUT2D eigenvalue weighted by atomic mass is 16.7. The number of ether oxygens (including phenoxy) is 4. The molecule has 1 atom stereocenters. The first-order valence-corrected chi connectivity index (χ1v) is 8.21. The van der Waals surface area contributed by atoms with E-state index in [2.05, 4.69) is 0 Å². The van der Waals surface area contributed by atoms with Crippen molar-refractivity contribution in [2.75, 3.05) is 13.4 Å². The Balaban J connectivity index is 1.35. The third-order valence-electron chi connectivity index (χ3n) is 4.14. The van der Waals surface area contributed by atoms with Crippen molar-refractivity contribution in [1.82, 2.24) is 0 Å². The Morgan fingerprint density at radius 2 is 1.92 bits per heavy atom. The molecule has 2 aromatic carbocycles. The Morgan fingerprint density at radius 1 is 1.08 bits per heavy atom. The number of carbonyl (C=O) groups excluding carboxylic acids is 1. The molecule has 128 valence electrons. The summed E-state index contributed by atoms with van der Waals surface area (Å²) < 4.78 is 21.7. The number of cyclic esters (lactones) is 1. The summed E-state index contributed by atoms with van der Waals surface area (Å²) >= 11 is 0. The summed E-state index contributed by atoms with van der Waals surface area (Å²) in [6.07, 6.45) is 2.14. The first-order chi connectivity index (χ1) is 12.3. The zero-order valence-electron chi connectivity index (χ0n) is 13.6. The van der Waals surface area contributed by atoms with E-state index >= 15 is 0 Å². The topological polar surface area (TPSA) is 54.0 Å². The first kappa shape index (κ1) is 15.7. The van der Waals surface area contributed by atoms with Gasteiger partial charge in [0.15, 0.2) is 11.5 Å². The van der Waals surface area contributed by atoms with Gasteiger partial charge in [0, 0.05) is 12.0 Å². The molecule has 0 spiro atoms. The van der Waals surface area contributed by atoms with Crippen LogP contribution in [0.25, 0.3) is 6.08 Å². The summed E-state index contributed by atoms with van der Waals surface area (Å²) in [6.45, 7) is 1.13. The van der Waals surface area contributed by atoms with Crippen LogP contribution >= 0.6 is 0 Å². The van der Waals surface area contributed by atoms with E-state index in [4.69, 9.17) is 18.9 Å². The maximum Gasteiger partial charge on any atom is 0.334 e. The van der Waals surface area contributed by atoms with Gasteiger partial charge in [-0.1, -0.05) is 36.4 Å². The number of hydrogen-bond acceptors (Lipinski definition) is 5. The minimum Gasteiger partial charge on any atom is -0.456 e. The van der Waals surface area contributed by atoms with Gasteiger partial charge in [-0.3, -0.25) is 0 Å². The largest absolute Gasteiger partial charge is 0.456 e. The SMILES string of the molecule is O=C1OC(COCc2ccccc2)CC1=Cc1ccc2c(c1)OCO2. The van der Waals surface area contributed by atoms with Crippen molar-refractivity contribution in [3.8, 4) is 11.5 Å². The van der Waals surface area contributed by atoms with E-state index in [0.717, 1.165) is 16.9 Å². The normalized spacial score (nSPS) is 20.1. The fourth-order valence-electron chi connectivity index (χ4n) is 2.89. The second kappa shape index (κ2) is 6.99. The molecule has 1 fully saturated rings. The van der Waals surface area contributed by atoms with Gasteiger partial charge < -0.3 is 18.9 Å². The van der Waals surface area contributed by atoms with E-state index in [1.54, 1.807) is 0 Å². The quantitative estimate of drug-likeness (QED) is 0.618. The highest BCUT2D eigenvalue weighted by molar-refractivity contribution is 5.95. The lowest BCUT2D eigenvalue weighted by Gasteiger charge is -2.09. The lowest BCUT2D eigenvalue weighted by molar-refractivity contribution is -0.141. The molecule has 0 amide bonds. The predicted molar refractivity (Wildman–Crippen MR) is 91.1 cm³/mol. The van der Waals surface area contributed by atoms with Gasteiger partial charge in [-0.15, -0.1) is 0 Å². The number of carbonyl (C=O) groups is 1. The molecule has 5 heteroatoms. The molecule has 4 rings (SSSR count). The van der Waals surface area contributed by atoms with Crippen molar-refractivity contribution in [3.63, 3.8) is 0 Å². The van der Waals surface area contributed by atoms with E-state index in [9.17, 15) is 4.79 Å². The molecule has 0 bridgehead atoms. The van der Waals surface area contributed by atoms with Crippen molar-refractivity contribution in [3.05, 3.63) is 65.2 Å². The molecule has 25 heavy (non-hydrogen) atoms. The molecule has 0 saturated carbocycles. The fourth-order valence-corrected chi connectivity index (χ4v) is 2.89. The van der Waals surface area contributed by atoms with Crippen LogP contribution in [0.2, 0.25) is 0 Å². The van der Waals surface area contributed by atoms with Gasteiger partial charge in [0.05, 0.1) is 13.2 Å². The molecule has 1 saturated heterocycles. The van der Waals surface area contributed by atoms with E-state index in [1.165, 1.54) is 0 Å². The molecule has 2 aromatic rings. The van der Waals surface area contributed by atoms with Crippen molar-refractivity contribution in [2.24, 2.45) is 0 Å². The van der Waals surface area contributed by atoms with Crippen molar-refractivity contribution < 1.29 is 23.7 Å². The zero-order valence-corrected chi connectivity index (χ0v) is 13.6. The third kappa shape index (κ3) is 3.67. The number of rotatable bonds is 5. The Labute approximate surface area is 145 Å². The monoisotopic (exact) mass is 338 g/mol. The second-order valence-corrected chi connectivity index (χ2v) is 6.01. The summed E-state index contributed by atoms with van der Waals surface area (Å²) in [6, 6.07) is 15.5. The van der Waals surface area contributed by atoms with Crippen LogP contribution in [-0.4, -0.2) is 25.5 Å². The average molecular weight is 338 g/mol. The summed E-state index contributed by atoms with van der Waals surface area (Å²) in [5, 5.41) is 0. The molecule has 0 aliphatic carbocycles.